The Labute approximate surface area is 138 Å². The van der Waals surface area contributed by atoms with Gasteiger partial charge < -0.3 is 10.1 Å². The van der Waals surface area contributed by atoms with Gasteiger partial charge in [0, 0.05) is 5.56 Å². The van der Waals surface area contributed by atoms with Crippen molar-refractivity contribution >= 4 is 23.6 Å². The second kappa shape index (κ2) is 5.19. The van der Waals surface area contributed by atoms with Gasteiger partial charge in [0.25, 0.3) is 5.91 Å². The fourth-order valence-corrected chi connectivity index (χ4v) is 3.16. The molecule has 1 unspecified atom stereocenters. The van der Waals surface area contributed by atoms with Gasteiger partial charge in [-0.15, -0.1) is 0 Å². The van der Waals surface area contributed by atoms with E-state index < -0.39 is 17.5 Å². The molecule has 1 N–H and O–H groups in total. The normalized spacial score (nSPS) is 21.2. The Bertz CT molecular complexity index is 839. The molecule has 24 heavy (non-hydrogen) atoms. The zero-order chi connectivity index (χ0) is 16.7. The molecule has 0 aliphatic carbocycles. The Hall–Kier alpha value is -3.15. The average molecular weight is 322 g/mol. The van der Waals surface area contributed by atoms with Crippen LogP contribution < -0.4 is 10.2 Å². The van der Waals surface area contributed by atoms with Gasteiger partial charge in [0.1, 0.15) is 6.61 Å². The molecule has 6 nitrogen and oxygen atoms in total. The Morgan fingerprint density at radius 2 is 1.75 bits per heavy atom. The molecule has 120 valence electrons. The Balaban J connectivity index is 1.60. The van der Waals surface area contributed by atoms with E-state index >= 15 is 0 Å². The van der Waals surface area contributed by atoms with Gasteiger partial charge in [-0.05, 0) is 11.6 Å². The monoisotopic (exact) mass is 322 g/mol. The maximum atomic E-state index is 12.8. The van der Waals surface area contributed by atoms with E-state index in [1.54, 1.807) is 24.3 Å². The number of hydrogen-bond acceptors (Lipinski definition) is 4. The highest BCUT2D eigenvalue weighted by Crippen LogP contribution is 2.46. The van der Waals surface area contributed by atoms with Crippen LogP contribution in [0.2, 0.25) is 0 Å². The van der Waals surface area contributed by atoms with Crippen molar-refractivity contribution in [3.8, 4) is 0 Å². The molecule has 2 aliphatic heterocycles. The number of benzene rings is 2. The fourth-order valence-electron chi connectivity index (χ4n) is 3.16. The van der Waals surface area contributed by atoms with Gasteiger partial charge in [-0.2, -0.15) is 0 Å². The van der Waals surface area contributed by atoms with Crippen LogP contribution in [0.4, 0.5) is 10.5 Å². The van der Waals surface area contributed by atoms with Crippen LogP contribution in [0.5, 0.6) is 0 Å². The zero-order valence-electron chi connectivity index (χ0n) is 12.7. The van der Waals surface area contributed by atoms with E-state index in [1.165, 1.54) is 0 Å². The maximum absolute atomic E-state index is 12.8. The van der Waals surface area contributed by atoms with Crippen molar-refractivity contribution in [1.29, 1.82) is 0 Å². The lowest BCUT2D eigenvalue weighted by molar-refractivity contribution is -0.142. The van der Waals surface area contributed by atoms with Crippen molar-refractivity contribution in [1.82, 2.24) is 5.32 Å². The summed E-state index contributed by atoms with van der Waals surface area (Å²) in [5.41, 5.74) is 0.795. The predicted molar refractivity (Wildman–Crippen MR) is 85.0 cm³/mol. The van der Waals surface area contributed by atoms with Crippen molar-refractivity contribution in [2.24, 2.45) is 0 Å². The topological polar surface area (TPSA) is 75.7 Å². The number of β-lactam (4-membered cyclic amide) rings is 1. The zero-order valence-corrected chi connectivity index (χ0v) is 12.7. The van der Waals surface area contributed by atoms with Gasteiger partial charge in [-0.3, -0.25) is 9.59 Å². The van der Waals surface area contributed by atoms with Crippen LogP contribution in [0.1, 0.15) is 17.5 Å². The van der Waals surface area contributed by atoms with Gasteiger partial charge in [0.15, 0.2) is 5.54 Å². The minimum atomic E-state index is -1.13. The van der Waals surface area contributed by atoms with Crippen LogP contribution >= 0.6 is 0 Å². The maximum Gasteiger partial charge on any atom is 0.421 e. The number of nitrogens with one attached hydrogen (secondary N) is 1. The summed E-state index contributed by atoms with van der Waals surface area (Å²) in [5, 5.41) is 2.64. The molecule has 6 heteroatoms. The first-order valence-corrected chi connectivity index (χ1v) is 7.57. The van der Waals surface area contributed by atoms with Crippen LogP contribution in [-0.4, -0.2) is 17.9 Å². The van der Waals surface area contributed by atoms with Gasteiger partial charge in [-0.1, -0.05) is 48.5 Å². The Morgan fingerprint density at radius 3 is 2.46 bits per heavy atom. The molecular formula is C18H14N2O4. The standard InChI is InChI=1S/C18H14N2O4/c21-15-10-18(19-15)13-8-4-5-9-14(13)20(16(18)22)17(23)24-11-12-6-2-1-3-7-12/h1-9H,10-11H2,(H,19,21). The molecule has 3 amide bonds. The number of ether oxygens (including phenoxy) is 1. The summed E-state index contributed by atoms with van der Waals surface area (Å²) in [6.07, 6.45) is -0.694. The second-order valence-corrected chi connectivity index (χ2v) is 5.83. The summed E-state index contributed by atoms with van der Waals surface area (Å²) in [7, 11) is 0. The van der Waals surface area contributed by atoms with Crippen LogP contribution in [0.15, 0.2) is 54.6 Å². The van der Waals surface area contributed by atoms with Gasteiger partial charge in [0.2, 0.25) is 5.91 Å². The van der Waals surface area contributed by atoms with Crippen molar-refractivity contribution in [3.05, 3.63) is 65.7 Å². The third-order valence-corrected chi connectivity index (χ3v) is 4.34. The number of hydrogen-bond donors (Lipinski definition) is 1. The number of carbonyl (C=O) groups excluding carboxylic acids is 3. The van der Waals surface area contributed by atoms with E-state index in [1.807, 2.05) is 30.3 Å². The number of carbonyl (C=O) groups is 3. The lowest BCUT2D eigenvalue weighted by Crippen LogP contribution is -2.63. The van der Waals surface area contributed by atoms with Crippen LogP contribution in [-0.2, 0) is 26.5 Å². The molecule has 1 spiro atoms. The third kappa shape index (κ3) is 2.00. The summed E-state index contributed by atoms with van der Waals surface area (Å²) >= 11 is 0. The quantitative estimate of drug-likeness (QED) is 0.859. The van der Waals surface area contributed by atoms with Crippen molar-refractivity contribution < 1.29 is 19.1 Å². The van der Waals surface area contributed by atoms with Gasteiger partial charge in [-0.25, -0.2) is 9.69 Å². The number of imide groups is 1. The first-order chi connectivity index (χ1) is 11.6. The first kappa shape index (κ1) is 14.4. The number of para-hydroxylation sites is 1. The summed E-state index contributed by atoms with van der Waals surface area (Å²) in [6.45, 7) is 0.0744. The van der Waals surface area contributed by atoms with Gasteiger partial charge in [0.05, 0.1) is 12.1 Å². The molecule has 2 aromatic carbocycles. The summed E-state index contributed by atoms with van der Waals surface area (Å²) in [6, 6.07) is 16.2. The van der Waals surface area contributed by atoms with E-state index in [2.05, 4.69) is 5.32 Å². The molecule has 2 aromatic rings. The number of anilines is 1. The fraction of sp³-hybridized carbons (Fsp3) is 0.167. The van der Waals surface area contributed by atoms with E-state index in [9.17, 15) is 14.4 Å². The van der Waals surface area contributed by atoms with Crippen LogP contribution in [0.25, 0.3) is 0 Å². The average Bonchev–Trinajstić information content (AvgIpc) is 2.83. The van der Waals surface area contributed by atoms with Crippen molar-refractivity contribution in [2.45, 2.75) is 18.6 Å². The molecule has 2 heterocycles. The molecule has 1 atom stereocenters. The molecule has 1 saturated heterocycles. The Morgan fingerprint density at radius 1 is 1.08 bits per heavy atom. The minimum absolute atomic E-state index is 0.0469. The first-order valence-electron chi connectivity index (χ1n) is 7.57. The van der Waals surface area contributed by atoms with Crippen LogP contribution in [0, 0.1) is 0 Å². The largest absolute Gasteiger partial charge is 0.444 e. The molecule has 0 radical (unpaired) electrons. The molecule has 0 bridgehead atoms. The molecule has 0 saturated carbocycles. The SMILES string of the molecule is O=C1CC2(N1)C(=O)N(C(=O)OCc1ccccc1)c1ccccc12. The van der Waals surface area contributed by atoms with Crippen molar-refractivity contribution in [3.63, 3.8) is 0 Å². The third-order valence-electron chi connectivity index (χ3n) is 4.34. The predicted octanol–water partition coefficient (Wildman–Crippen LogP) is 2.09. The summed E-state index contributed by atoms with van der Waals surface area (Å²) in [4.78, 5) is 37.7. The second-order valence-electron chi connectivity index (χ2n) is 5.83. The number of nitrogens with zero attached hydrogens (tertiary/aromatic N) is 1. The smallest absolute Gasteiger partial charge is 0.421 e. The molecule has 4 rings (SSSR count). The van der Waals surface area contributed by atoms with E-state index in [-0.39, 0.29) is 18.9 Å². The number of rotatable bonds is 2. The van der Waals surface area contributed by atoms with Crippen LogP contribution in [0.3, 0.4) is 0 Å². The Kier molecular flexibility index (Phi) is 3.13. The molecular weight excluding hydrogens is 308 g/mol. The molecule has 0 aromatic heterocycles. The minimum Gasteiger partial charge on any atom is -0.444 e. The van der Waals surface area contributed by atoms with Gasteiger partial charge >= 0.3 is 6.09 Å². The lowest BCUT2D eigenvalue weighted by Gasteiger charge is -2.37. The highest BCUT2D eigenvalue weighted by molar-refractivity contribution is 6.24. The van der Waals surface area contributed by atoms with E-state index in [0.29, 0.717) is 11.3 Å². The molecule has 1 fully saturated rings. The highest BCUT2D eigenvalue weighted by atomic mass is 16.6. The summed E-state index contributed by atoms with van der Waals surface area (Å²) in [5.74, 6) is -0.681. The van der Waals surface area contributed by atoms with E-state index in [4.69, 9.17) is 4.74 Å². The number of amides is 3. The summed E-state index contributed by atoms with van der Waals surface area (Å²) < 4.78 is 5.28. The molecule has 2 aliphatic rings. The highest BCUT2D eigenvalue weighted by Gasteiger charge is 2.60. The van der Waals surface area contributed by atoms with Crippen molar-refractivity contribution in [2.75, 3.05) is 4.90 Å². The van der Waals surface area contributed by atoms with E-state index in [0.717, 1.165) is 10.5 Å². The lowest BCUT2D eigenvalue weighted by atomic mass is 9.81. The number of fused-ring (bicyclic) bond motifs is 2.